The van der Waals surface area contributed by atoms with Gasteiger partial charge < -0.3 is 0 Å². The molecule has 0 saturated heterocycles. The standard InChI is InChI=1S/C9H20S2/c1-10-8-4-6-9(7-5-8)11(2)3/h8-9,11H,4-7H2,1-3H3. The zero-order chi connectivity index (χ0) is 8.27. The lowest BCUT2D eigenvalue weighted by Gasteiger charge is -2.31. The Labute approximate surface area is 77.9 Å². The van der Waals surface area contributed by atoms with Crippen molar-refractivity contribution in [2.75, 3.05) is 18.8 Å². The van der Waals surface area contributed by atoms with Crippen LogP contribution in [0.2, 0.25) is 0 Å². The highest BCUT2D eigenvalue weighted by molar-refractivity contribution is 8.16. The number of thiol groups is 1. The Morgan fingerprint density at radius 2 is 1.64 bits per heavy atom. The molecule has 0 atom stereocenters. The minimum absolute atomic E-state index is 0.348. The summed E-state index contributed by atoms with van der Waals surface area (Å²) in [6.45, 7) is 0. The molecular weight excluding hydrogens is 172 g/mol. The van der Waals surface area contributed by atoms with Crippen LogP contribution in [0.25, 0.3) is 0 Å². The van der Waals surface area contributed by atoms with E-state index in [9.17, 15) is 0 Å². The van der Waals surface area contributed by atoms with Gasteiger partial charge in [-0.05, 0) is 49.7 Å². The van der Waals surface area contributed by atoms with Crippen LogP contribution in [-0.2, 0) is 0 Å². The van der Waals surface area contributed by atoms with Crippen LogP contribution in [0, 0.1) is 0 Å². The van der Waals surface area contributed by atoms with Crippen LogP contribution < -0.4 is 0 Å². The molecule has 0 aromatic rings. The highest BCUT2D eigenvalue weighted by Gasteiger charge is 2.20. The van der Waals surface area contributed by atoms with E-state index in [0.717, 1.165) is 10.5 Å². The van der Waals surface area contributed by atoms with E-state index < -0.39 is 0 Å². The molecule has 1 fully saturated rings. The van der Waals surface area contributed by atoms with Crippen molar-refractivity contribution in [3.63, 3.8) is 0 Å². The average molecular weight is 192 g/mol. The van der Waals surface area contributed by atoms with Crippen LogP contribution in [0.4, 0.5) is 0 Å². The Kier molecular flexibility index (Phi) is 4.14. The fraction of sp³-hybridized carbons (Fsp3) is 1.00. The minimum Gasteiger partial charge on any atom is -0.256 e. The van der Waals surface area contributed by atoms with Gasteiger partial charge in [0, 0.05) is 5.25 Å². The first-order valence-electron chi connectivity index (χ1n) is 4.43. The van der Waals surface area contributed by atoms with Crippen molar-refractivity contribution in [2.45, 2.75) is 36.2 Å². The zero-order valence-electron chi connectivity index (χ0n) is 7.84. The average Bonchev–Trinajstić information content (AvgIpc) is 2.05. The predicted molar refractivity (Wildman–Crippen MR) is 60.4 cm³/mol. The van der Waals surface area contributed by atoms with Crippen LogP contribution in [-0.4, -0.2) is 29.3 Å². The van der Waals surface area contributed by atoms with E-state index in [1.807, 2.05) is 0 Å². The van der Waals surface area contributed by atoms with E-state index in [2.05, 4.69) is 30.5 Å². The predicted octanol–water partition coefficient (Wildman–Crippen LogP) is 2.92. The summed E-state index contributed by atoms with van der Waals surface area (Å²) >= 11 is 2.07. The van der Waals surface area contributed by atoms with Crippen molar-refractivity contribution in [2.24, 2.45) is 0 Å². The number of hydrogen-bond donors (Lipinski definition) is 1. The van der Waals surface area contributed by atoms with E-state index in [-0.39, 0.29) is 0 Å². The summed E-state index contributed by atoms with van der Waals surface area (Å²) in [5.74, 6) is 0. The molecule has 0 unspecified atom stereocenters. The van der Waals surface area contributed by atoms with E-state index in [1.165, 1.54) is 25.7 Å². The van der Waals surface area contributed by atoms with Gasteiger partial charge in [0.05, 0.1) is 0 Å². The van der Waals surface area contributed by atoms with Crippen molar-refractivity contribution >= 4 is 22.7 Å². The molecule has 1 aliphatic rings. The van der Waals surface area contributed by atoms with Crippen molar-refractivity contribution in [3.05, 3.63) is 0 Å². The maximum atomic E-state index is 2.43. The summed E-state index contributed by atoms with van der Waals surface area (Å²) in [6, 6.07) is 0. The fourth-order valence-corrected chi connectivity index (χ4v) is 3.87. The first-order valence-corrected chi connectivity index (χ1v) is 8.02. The Bertz CT molecular complexity index is 104. The van der Waals surface area contributed by atoms with Crippen LogP contribution >= 0.6 is 22.7 Å². The largest absolute Gasteiger partial charge is 0.256 e. The topological polar surface area (TPSA) is 0 Å². The molecule has 0 nitrogen and oxygen atoms in total. The molecule has 0 heterocycles. The molecule has 0 aromatic carbocycles. The monoisotopic (exact) mass is 192 g/mol. The molecule has 0 N–H and O–H groups in total. The van der Waals surface area contributed by atoms with E-state index in [1.54, 1.807) is 0 Å². The first-order chi connectivity index (χ1) is 5.24. The van der Waals surface area contributed by atoms with Crippen LogP contribution in [0.3, 0.4) is 0 Å². The third-order valence-corrected chi connectivity index (χ3v) is 5.82. The molecule has 1 aliphatic carbocycles. The molecule has 0 spiro atoms. The Hall–Kier alpha value is 0.700. The lowest BCUT2D eigenvalue weighted by atomic mass is 10.00. The summed E-state index contributed by atoms with van der Waals surface area (Å²) in [7, 11) is 0.348. The summed E-state index contributed by atoms with van der Waals surface area (Å²) in [5, 5.41) is 2.08. The van der Waals surface area contributed by atoms with Crippen LogP contribution in [0.5, 0.6) is 0 Å². The maximum absolute atomic E-state index is 2.43. The van der Waals surface area contributed by atoms with Gasteiger partial charge in [0.1, 0.15) is 0 Å². The quantitative estimate of drug-likeness (QED) is 0.656. The molecule has 0 amide bonds. The normalized spacial score (nSPS) is 33.5. The van der Waals surface area contributed by atoms with Gasteiger partial charge in [-0.2, -0.15) is 11.8 Å². The summed E-state index contributed by atoms with van der Waals surface area (Å²) in [4.78, 5) is 0. The van der Waals surface area contributed by atoms with Gasteiger partial charge in [0.25, 0.3) is 0 Å². The number of rotatable bonds is 2. The van der Waals surface area contributed by atoms with Crippen LogP contribution in [0.15, 0.2) is 0 Å². The number of thioether (sulfide) groups is 1. The first kappa shape index (κ1) is 9.79. The van der Waals surface area contributed by atoms with Crippen molar-refractivity contribution in [1.29, 1.82) is 0 Å². The fourth-order valence-electron chi connectivity index (χ4n) is 1.80. The second kappa shape index (κ2) is 4.66. The lowest BCUT2D eigenvalue weighted by Crippen LogP contribution is -2.19. The second-order valence-corrected chi connectivity index (χ2v) is 7.43. The van der Waals surface area contributed by atoms with E-state index in [4.69, 9.17) is 0 Å². The smallest absolute Gasteiger partial charge is 0.00450 e. The zero-order valence-corrected chi connectivity index (χ0v) is 9.55. The molecule has 68 valence electrons. The van der Waals surface area contributed by atoms with Gasteiger partial charge in [0.15, 0.2) is 0 Å². The van der Waals surface area contributed by atoms with Gasteiger partial charge in [-0.1, -0.05) is 0 Å². The molecule has 0 bridgehead atoms. The van der Waals surface area contributed by atoms with Crippen molar-refractivity contribution < 1.29 is 0 Å². The third kappa shape index (κ3) is 2.90. The maximum Gasteiger partial charge on any atom is 0.00450 e. The third-order valence-electron chi connectivity index (χ3n) is 2.71. The summed E-state index contributed by atoms with van der Waals surface area (Å²) in [5.41, 5.74) is 0. The van der Waals surface area contributed by atoms with E-state index >= 15 is 0 Å². The molecular formula is C9H20S2. The summed E-state index contributed by atoms with van der Waals surface area (Å²) in [6.07, 6.45) is 13.1. The van der Waals surface area contributed by atoms with Gasteiger partial charge in [-0.25, -0.2) is 0 Å². The molecule has 0 radical (unpaired) electrons. The van der Waals surface area contributed by atoms with Gasteiger partial charge in [-0.3, -0.25) is 10.9 Å². The lowest BCUT2D eigenvalue weighted by molar-refractivity contribution is 0.527. The van der Waals surface area contributed by atoms with E-state index in [0.29, 0.717) is 10.9 Å². The SMILES string of the molecule is CSC1CCC([SH](C)C)CC1. The van der Waals surface area contributed by atoms with Crippen molar-refractivity contribution in [3.8, 4) is 0 Å². The molecule has 0 aromatic heterocycles. The highest BCUT2D eigenvalue weighted by Crippen LogP contribution is 2.37. The number of hydrogen-bond acceptors (Lipinski definition) is 1. The molecule has 11 heavy (non-hydrogen) atoms. The van der Waals surface area contributed by atoms with Crippen LogP contribution in [0.1, 0.15) is 25.7 Å². The van der Waals surface area contributed by atoms with Crippen molar-refractivity contribution in [1.82, 2.24) is 0 Å². The second-order valence-electron chi connectivity index (χ2n) is 3.63. The highest BCUT2D eigenvalue weighted by atomic mass is 32.2. The molecule has 2 heteroatoms. The van der Waals surface area contributed by atoms with Gasteiger partial charge in [-0.15, -0.1) is 0 Å². The molecule has 1 rings (SSSR count). The molecule has 1 saturated carbocycles. The Morgan fingerprint density at radius 1 is 1.09 bits per heavy atom. The van der Waals surface area contributed by atoms with Gasteiger partial charge >= 0.3 is 0 Å². The minimum atomic E-state index is 0.348. The summed E-state index contributed by atoms with van der Waals surface area (Å²) < 4.78 is 0. The van der Waals surface area contributed by atoms with Gasteiger partial charge in [0.2, 0.25) is 0 Å². The molecule has 0 aliphatic heterocycles. The Morgan fingerprint density at radius 3 is 2.00 bits per heavy atom. The Balaban J connectivity index is 2.24.